The number of hydrogen-bond donors (Lipinski definition) is 2. The van der Waals surface area contributed by atoms with E-state index in [0.29, 0.717) is 17.9 Å². The minimum atomic E-state index is -3.56. The number of rotatable bonds is 8. The maximum absolute atomic E-state index is 12.2. The number of ether oxygens (including phenoxy) is 1. The van der Waals surface area contributed by atoms with Crippen molar-refractivity contribution in [1.82, 2.24) is 4.72 Å². The molecule has 0 spiro atoms. The van der Waals surface area contributed by atoms with E-state index in [1.165, 1.54) is 12.1 Å². The summed E-state index contributed by atoms with van der Waals surface area (Å²) in [6.45, 7) is 7.52. The highest BCUT2D eigenvalue weighted by molar-refractivity contribution is 7.89. The van der Waals surface area contributed by atoms with E-state index in [1.54, 1.807) is 12.1 Å². The normalized spacial score (nSPS) is 12.4. The number of carbonyl (C=O) groups excluding carboxylic acids is 1. The van der Waals surface area contributed by atoms with Crippen molar-refractivity contribution in [3.63, 3.8) is 0 Å². The zero-order valence-electron chi connectivity index (χ0n) is 16.1. The molecule has 6 nitrogen and oxygen atoms in total. The fourth-order valence-corrected chi connectivity index (χ4v) is 3.82. The van der Waals surface area contributed by atoms with E-state index in [2.05, 4.69) is 10.0 Å². The Morgan fingerprint density at radius 1 is 1.07 bits per heavy atom. The lowest BCUT2D eigenvalue weighted by atomic mass is 10.1. The minimum absolute atomic E-state index is 0.126. The monoisotopic (exact) mass is 390 g/mol. The van der Waals surface area contributed by atoms with Crippen molar-refractivity contribution < 1.29 is 17.9 Å². The summed E-state index contributed by atoms with van der Waals surface area (Å²) >= 11 is 0. The predicted molar refractivity (Wildman–Crippen MR) is 107 cm³/mol. The summed E-state index contributed by atoms with van der Waals surface area (Å²) in [7, 11) is -3.56. The van der Waals surface area contributed by atoms with Gasteiger partial charge in [-0.2, -0.15) is 0 Å². The molecule has 0 aliphatic rings. The first-order valence-electron chi connectivity index (χ1n) is 8.83. The van der Waals surface area contributed by atoms with Gasteiger partial charge in [-0.25, -0.2) is 13.1 Å². The maximum atomic E-state index is 12.2. The number of benzene rings is 2. The molecule has 0 bridgehead atoms. The highest BCUT2D eigenvalue weighted by Crippen LogP contribution is 2.17. The highest BCUT2D eigenvalue weighted by atomic mass is 32.2. The number of anilines is 1. The Morgan fingerprint density at radius 3 is 2.22 bits per heavy atom. The van der Waals surface area contributed by atoms with E-state index < -0.39 is 10.0 Å². The summed E-state index contributed by atoms with van der Waals surface area (Å²) in [5.74, 6) is 0.322. The quantitative estimate of drug-likeness (QED) is 0.723. The Bertz CT molecular complexity index is 872. The number of hydrogen-bond acceptors (Lipinski definition) is 4. The zero-order valence-corrected chi connectivity index (χ0v) is 16.9. The SMILES string of the molecule is CCC(C)NS(=O)(=O)c1ccc(NC(=O)COc2cc(C)cc(C)c2)cc1. The summed E-state index contributed by atoms with van der Waals surface area (Å²) in [6.07, 6.45) is 0.702. The zero-order chi connectivity index (χ0) is 20.0. The van der Waals surface area contributed by atoms with Crippen LogP contribution in [0.4, 0.5) is 5.69 Å². The topological polar surface area (TPSA) is 84.5 Å². The van der Waals surface area contributed by atoms with Gasteiger partial charge in [-0.3, -0.25) is 4.79 Å². The van der Waals surface area contributed by atoms with E-state index >= 15 is 0 Å². The van der Waals surface area contributed by atoms with Gasteiger partial charge in [-0.05, 0) is 74.7 Å². The second-order valence-electron chi connectivity index (χ2n) is 6.62. The second-order valence-corrected chi connectivity index (χ2v) is 8.33. The van der Waals surface area contributed by atoms with Crippen LogP contribution in [0.15, 0.2) is 47.4 Å². The Hall–Kier alpha value is -2.38. The van der Waals surface area contributed by atoms with E-state index in [9.17, 15) is 13.2 Å². The number of nitrogens with one attached hydrogen (secondary N) is 2. The summed E-state index contributed by atoms with van der Waals surface area (Å²) < 4.78 is 32.6. The number of sulfonamides is 1. The molecule has 0 aliphatic heterocycles. The molecule has 0 heterocycles. The molecule has 0 aliphatic carbocycles. The lowest BCUT2D eigenvalue weighted by molar-refractivity contribution is -0.118. The average molecular weight is 391 g/mol. The van der Waals surface area contributed by atoms with Gasteiger partial charge in [0, 0.05) is 11.7 Å². The summed E-state index contributed by atoms with van der Waals surface area (Å²) in [6, 6.07) is 11.7. The Kier molecular flexibility index (Phi) is 6.98. The van der Waals surface area contributed by atoms with Crippen LogP contribution in [-0.4, -0.2) is 27.0 Å². The van der Waals surface area contributed by atoms with E-state index in [0.717, 1.165) is 11.1 Å². The molecule has 2 aromatic carbocycles. The molecule has 27 heavy (non-hydrogen) atoms. The first-order chi connectivity index (χ1) is 12.7. The molecule has 2 rings (SSSR count). The van der Waals surface area contributed by atoms with Gasteiger partial charge in [0.15, 0.2) is 6.61 Å². The van der Waals surface area contributed by atoms with Crippen LogP contribution in [-0.2, 0) is 14.8 Å². The lowest BCUT2D eigenvalue weighted by Crippen LogP contribution is -2.31. The Morgan fingerprint density at radius 2 is 1.67 bits per heavy atom. The van der Waals surface area contributed by atoms with Gasteiger partial charge in [0.05, 0.1) is 4.90 Å². The van der Waals surface area contributed by atoms with Gasteiger partial charge in [-0.1, -0.05) is 13.0 Å². The van der Waals surface area contributed by atoms with Crippen molar-refractivity contribution in [2.75, 3.05) is 11.9 Å². The van der Waals surface area contributed by atoms with Crippen LogP contribution in [0.25, 0.3) is 0 Å². The number of aryl methyl sites for hydroxylation is 2. The molecule has 2 aromatic rings. The third-order valence-electron chi connectivity index (χ3n) is 3.98. The Balaban J connectivity index is 1.94. The molecule has 0 saturated heterocycles. The van der Waals surface area contributed by atoms with Crippen LogP contribution in [0.1, 0.15) is 31.4 Å². The third kappa shape index (κ3) is 6.37. The van der Waals surface area contributed by atoms with Crippen molar-refractivity contribution in [3.8, 4) is 5.75 Å². The summed E-state index contributed by atoms with van der Waals surface area (Å²) in [5.41, 5.74) is 2.63. The molecular weight excluding hydrogens is 364 g/mol. The largest absolute Gasteiger partial charge is 0.484 e. The van der Waals surface area contributed by atoms with Crippen molar-refractivity contribution in [1.29, 1.82) is 0 Å². The molecule has 7 heteroatoms. The van der Waals surface area contributed by atoms with E-state index in [-0.39, 0.29) is 23.5 Å². The number of carbonyl (C=O) groups is 1. The van der Waals surface area contributed by atoms with Crippen molar-refractivity contribution in [2.24, 2.45) is 0 Å². The fourth-order valence-electron chi connectivity index (χ4n) is 2.50. The third-order valence-corrected chi connectivity index (χ3v) is 5.59. The van der Waals surface area contributed by atoms with E-state index in [4.69, 9.17) is 4.74 Å². The number of amides is 1. The molecule has 146 valence electrons. The summed E-state index contributed by atoms with van der Waals surface area (Å²) in [4.78, 5) is 12.2. The molecule has 1 amide bonds. The van der Waals surface area contributed by atoms with Crippen molar-refractivity contribution >= 4 is 21.6 Å². The van der Waals surface area contributed by atoms with Crippen molar-refractivity contribution in [3.05, 3.63) is 53.6 Å². The first kappa shape index (κ1) is 20.9. The van der Waals surface area contributed by atoms with Crippen LogP contribution in [0.5, 0.6) is 5.75 Å². The van der Waals surface area contributed by atoms with E-state index in [1.807, 2.05) is 45.9 Å². The van der Waals surface area contributed by atoms with Crippen LogP contribution in [0, 0.1) is 13.8 Å². The molecule has 0 saturated carbocycles. The van der Waals surface area contributed by atoms with Gasteiger partial charge in [0.2, 0.25) is 10.0 Å². The average Bonchev–Trinajstić information content (AvgIpc) is 2.59. The maximum Gasteiger partial charge on any atom is 0.262 e. The van der Waals surface area contributed by atoms with Gasteiger partial charge in [0.25, 0.3) is 5.91 Å². The molecule has 0 fully saturated rings. The smallest absolute Gasteiger partial charge is 0.262 e. The van der Waals surface area contributed by atoms with Crippen LogP contribution >= 0.6 is 0 Å². The standard InChI is InChI=1S/C20H26N2O4S/c1-5-16(4)22-27(24,25)19-8-6-17(7-9-19)21-20(23)13-26-18-11-14(2)10-15(3)12-18/h6-12,16,22H,5,13H2,1-4H3,(H,21,23). The molecule has 0 aromatic heterocycles. The first-order valence-corrected chi connectivity index (χ1v) is 10.3. The fraction of sp³-hybridized carbons (Fsp3) is 0.350. The van der Waals surface area contributed by atoms with Gasteiger partial charge < -0.3 is 10.1 Å². The van der Waals surface area contributed by atoms with Gasteiger partial charge >= 0.3 is 0 Å². The van der Waals surface area contributed by atoms with Gasteiger partial charge in [0.1, 0.15) is 5.75 Å². The lowest BCUT2D eigenvalue weighted by Gasteiger charge is -2.13. The van der Waals surface area contributed by atoms with Crippen LogP contribution in [0.3, 0.4) is 0 Å². The highest BCUT2D eigenvalue weighted by Gasteiger charge is 2.16. The van der Waals surface area contributed by atoms with Crippen LogP contribution in [0.2, 0.25) is 0 Å². The molecule has 2 N–H and O–H groups in total. The Labute approximate surface area is 161 Å². The second kappa shape index (κ2) is 9.01. The molecule has 0 radical (unpaired) electrons. The summed E-state index contributed by atoms with van der Waals surface area (Å²) in [5, 5.41) is 2.69. The minimum Gasteiger partial charge on any atom is -0.484 e. The predicted octanol–water partition coefficient (Wildman–Crippen LogP) is 3.40. The molecule has 1 atom stereocenters. The van der Waals surface area contributed by atoms with Gasteiger partial charge in [-0.15, -0.1) is 0 Å². The molecule has 1 unspecified atom stereocenters. The van der Waals surface area contributed by atoms with Crippen molar-refractivity contribution in [2.45, 2.75) is 45.1 Å². The van der Waals surface area contributed by atoms with Crippen LogP contribution < -0.4 is 14.8 Å². The molecular formula is C20H26N2O4S.